The highest BCUT2D eigenvalue weighted by atomic mass is 16.5. The maximum Gasteiger partial charge on any atom is 0.248 e. The van der Waals surface area contributed by atoms with Gasteiger partial charge in [0.15, 0.2) is 23.0 Å². The fourth-order valence-electron chi connectivity index (χ4n) is 3.79. The quantitative estimate of drug-likeness (QED) is 0.203. The molecule has 200 valence electrons. The average molecular weight is 521 g/mol. The van der Waals surface area contributed by atoms with Crippen LogP contribution in [0.25, 0.3) is 18.2 Å². The Morgan fingerprint density at radius 3 is 1.82 bits per heavy atom. The molecule has 9 heteroatoms. The number of nitrogens with two attached hydrogens (primary N) is 1. The van der Waals surface area contributed by atoms with Crippen LogP contribution in [-0.4, -0.2) is 48.6 Å². The lowest BCUT2D eigenvalue weighted by Crippen LogP contribution is -2.11. The molecule has 0 bridgehead atoms. The Morgan fingerprint density at radius 2 is 1.26 bits per heavy atom. The lowest BCUT2D eigenvalue weighted by Gasteiger charge is -2.16. The van der Waals surface area contributed by atoms with Gasteiger partial charge in [-0.2, -0.15) is 0 Å². The summed E-state index contributed by atoms with van der Waals surface area (Å²) in [5, 5.41) is 2.90. The highest BCUT2D eigenvalue weighted by molar-refractivity contribution is 6.05. The Hall–Kier alpha value is -4.79. The highest BCUT2D eigenvalue weighted by Gasteiger charge is 2.16. The van der Waals surface area contributed by atoms with Gasteiger partial charge >= 0.3 is 0 Å². The first-order valence-corrected chi connectivity index (χ1v) is 11.5. The van der Waals surface area contributed by atoms with E-state index in [1.165, 1.54) is 20.3 Å². The minimum absolute atomic E-state index is 0.367. The van der Waals surface area contributed by atoms with Crippen molar-refractivity contribution in [3.05, 3.63) is 65.2 Å². The molecule has 1 amide bonds. The average Bonchev–Trinajstić information content (AvgIpc) is 2.94. The number of hydrogen-bond acceptors (Lipinski definition) is 8. The molecule has 0 aromatic heterocycles. The van der Waals surface area contributed by atoms with E-state index in [9.17, 15) is 4.79 Å². The van der Waals surface area contributed by atoms with Crippen LogP contribution in [0.2, 0.25) is 0 Å². The molecule has 0 fully saturated rings. The Morgan fingerprint density at radius 1 is 0.658 bits per heavy atom. The monoisotopic (exact) mass is 520 g/mol. The van der Waals surface area contributed by atoms with Crippen molar-refractivity contribution in [2.24, 2.45) is 0 Å². The SMILES string of the molecule is COc1ccc(/C=C/C(=O)Nc2c(/C=C/c3cc(OC)c(OC)c(OC)c3)ccc(OC)c2OC)cc1N. The van der Waals surface area contributed by atoms with Crippen LogP contribution in [0, 0.1) is 0 Å². The van der Waals surface area contributed by atoms with E-state index < -0.39 is 0 Å². The summed E-state index contributed by atoms with van der Waals surface area (Å²) < 4.78 is 32.5. The number of nitrogens with one attached hydrogen (secondary N) is 1. The van der Waals surface area contributed by atoms with Crippen LogP contribution in [0.5, 0.6) is 34.5 Å². The third-order valence-corrected chi connectivity index (χ3v) is 5.65. The van der Waals surface area contributed by atoms with E-state index in [0.29, 0.717) is 51.4 Å². The first-order chi connectivity index (χ1) is 18.4. The van der Waals surface area contributed by atoms with Gasteiger partial charge in [-0.15, -0.1) is 0 Å². The van der Waals surface area contributed by atoms with Crippen LogP contribution in [0.4, 0.5) is 11.4 Å². The summed E-state index contributed by atoms with van der Waals surface area (Å²) >= 11 is 0. The fourth-order valence-corrected chi connectivity index (χ4v) is 3.79. The van der Waals surface area contributed by atoms with Crippen molar-refractivity contribution in [3.8, 4) is 34.5 Å². The molecule has 3 aromatic rings. The van der Waals surface area contributed by atoms with Crippen molar-refractivity contribution in [3.63, 3.8) is 0 Å². The predicted molar refractivity (Wildman–Crippen MR) is 150 cm³/mol. The number of nitrogen functional groups attached to an aromatic ring is 1. The molecule has 0 saturated heterocycles. The van der Waals surface area contributed by atoms with Crippen LogP contribution < -0.4 is 39.5 Å². The molecule has 0 unspecified atom stereocenters. The maximum absolute atomic E-state index is 12.9. The topological polar surface area (TPSA) is 111 Å². The maximum atomic E-state index is 12.9. The summed E-state index contributed by atoms with van der Waals surface area (Å²) in [5.74, 6) is 2.60. The van der Waals surface area contributed by atoms with Crippen LogP contribution in [0.15, 0.2) is 48.5 Å². The number of anilines is 2. The zero-order valence-electron chi connectivity index (χ0n) is 22.3. The van der Waals surface area contributed by atoms with Gasteiger partial charge in [-0.05, 0) is 53.6 Å². The van der Waals surface area contributed by atoms with Gasteiger partial charge in [0.25, 0.3) is 0 Å². The minimum Gasteiger partial charge on any atom is -0.495 e. The summed E-state index contributed by atoms with van der Waals surface area (Å²) in [4.78, 5) is 12.9. The number of carbonyl (C=O) groups is 1. The van der Waals surface area contributed by atoms with E-state index >= 15 is 0 Å². The molecule has 0 aliphatic heterocycles. The normalized spacial score (nSPS) is 10.9. The fraction of sp³-hybridized carbons (Fsp3) is 0.207. The van der Waals surface area contributed by atoms with Crippen LogP contribution in [0.3, 0.4) is 0 Å². The molecule has 0 radical (unpaired) electrons. The molecule has 0 aliphatic carbocycles. The number of amides is 1. The van der Waals surface area contributed by atoms with Gasteiger partial charge in [0.05, 0.1) is 54.0 Å². The van der Waals surface area contributed by atoms with Gasteiger partial charge in [0.1, 0.15) is 5.75 Å². The molecule has 3 aromatic carbocycles. The highest BCUT2D eigenvalue weighted by Crippen LogP contribution is 2.41. The smallest absolute Gasteiger partial charge is 0.248 e. The minimum atomic E-state index is -0.367. The molecule has 3 rings (SSSR count). The number of rotatable bonds is 11. The van der Waals surface area contributed by atoms with Crippen molar-refractivity contribution in [1.82, 2.24) is 0 Å². The van der Waals surface area contributed by atoms with Gasteiger partial charge in [0, 0.05) is 11.6 Å². The summed E-state index contributed by atoms with van der Waals surface area (Å²) in [6, 6.07) is 12.5. The standard InChI is InChI=1S/C29H32N2O7/c1-33-22-12-8-18(15-21(22)30)9-14-26(32)31-27-20(11-13-23(34-2)29(27)38-6)10-7-19-16-24(35-3)28(37-5)25(17-19)36-4/h7-17H,30H2,1-6H3,(H,31,32)/b10-7+,14-9+. The van der Waals surface area contributed by atoms with Crippen molar-refractivity contribution in [2.45, 2.75) is 0 Å². The van der Waals surface area contributed by atoms with E-state index in [2.05, 4.69) is 5.32 Å². The Balaban J connectivity index is 1.95. The number of carbonyl (C=O) groups excluding carboxylic acids is 1. The second kappa shape index (κ2) is 13.0. The number of ether oxygens (including phenoxy) is 6. The molecule has 3 N–H and O–H groups in total. The zero-order valence-corrected chi connectivity index (χ0v) is 22.3. The van der Waals surface area contributed by atoms with Crippen molar-refractivity contribution in [1.29, 1.82) is 0 Å². The lowest BCUT2D eigenvalue weighted by molar-refractivity contribution is -0.111. The molecule has 9 nitrogen and oxygen atoms in total. The van der Waals surface area contributed by atoms with Crippen molar-refractivity contribution >= 4 is 35.5 Å². The Labute approximate surface area is 222 Å². The van der Waals surface area contributed by atoms with E-state index in [-0.39, 0.29) is 5.91 Å². The predicted octanol–water partition coefficient (Wildman–Crippen LogP) is 5.14. The first-order valence-electron chi connectivity index (χ1n) is 11.5. The molecule has 38 heavy (non-hydrogen) atoms. The Kier molecular flexibility index (Phi) is 9.48. The molecule has 0 spiro atoms. The zero-order chi connectivity index (χ0) is 27.7. The van der Waals surface area contributed by atoms with E-state index in [1.54, 1.807) is 58.8 Å². The lowest BCUT2D eigenvalue weighted by atomic mass is 10.1. The molecule has 0 aliphatic rings. The van der Waals surface area contributed by atoms with Gasteiger partial charge in [-0.3, -0.25) is 4.79 Å². The number of benzene rings is 3. The molecule has 0 heterocycles. The van der Waals surface area contributed by atoms with Gasteiger partial charge in [0.2, 0.25) is 11.7 Å². The number of methoxy groups -OCH3 is 6. The van der Waals surface area contributed by atoms with Crippen LogP contribution in [-0.2, 0) is 4.79 Å². The van der Waals surface area contributed by atoms with Gasteiger partial charge in [-0.25, -0.2) is 0 Å². The number of hydrogen-bond donors (Lipinski definition) is 2. The summed E-state index contributed by atoms with van der Waals surface area (Å²) in [5.41, 5.74) is 9.12. The van der Waals surface area contributed by atoms with Crippen molar-refractivity contribution < 1.29 is 33.2 Å². The Bertz CT molecular complexity index is 1320. The summed E-state index contributed by atoms with van der Waals surface area (Å²) in [7, 11) is 9.25. The van der Waals surface area contributed by atoms with E-state index in [0.717, 1.165) is 11.1 Å². The second-order valence-electron chi connectivity index (χ2n) is 7.88. The first kappa shape index (κ1) is 27.8. The molecular formula is C29H32N2O7. The van der Waals surface area contributed by atoms with Crippen LogP contribution in [0.1, 0.15) is 16.7 Å². The molecular weight excluding hydrogens is 488 g/mol. The third-order valence-electron chi connectivity index (χ3n) is 5.65. The van der Waals surface area contributed by atoms with Crippen molar-refractivity contribution in [2.75, 3.05) is 53.7 Å². The van der Waals surface area contributed by atoms with Crippen LogP contribution >= 0.6 is 0 Å². The summed E-state index contributed by atoms with van der Waals surface area (Å²) in [6.07, 6.45) is 6.76. The largest absolute Gasteiger partial charge is 0.495 e. The van der Waals surface area contributed by atoms with E-state index in [4.69, 9.17) is 34.2 Å². The summed E-state index contributed by atoms with van der Waals surface area (Å²) in [6.45, 7) is 0. The van der Waals surface area contributed by atoms with Gasteiger partial charge in [-0.1, -0.05) is 18.2 Å². The third kappa shape index (κ3) is 6.31. The molecule has 0 saturated carbocycles. The molecule has 0 atom stereocenters. The van der Waals surface area contributed by atoms with Gasteiger partial charge < -0.3 is 39.5 Å². The second-order valence-corrected chi connectivity index (χ2v) is 7.88. The van der Waals surface area contributed by atoms with E-state index in [1.807, 2.05) is 30.4 Å².